The molecule has 1 aliphatic heterocycles. The average molecular weight is 261 g/mol. The monoisotopic (exact) mass is 261 g/mol. The number of carbonyl (C=O) groups excluding carboxylic acids is 2. The molecule has 0 radical (unpaired) electrons. The number of fused-ring (bicyclic) bond motifs is 1. The van der Waals surface area contributed by atoms with Crippen molar-refractivity contribution in [3.8, 4) is 5.75 Å². The Hall–Kier alpha value is -1.84. The minimum atomic E-state index is -0.0468. The van der Waals surface area contributed by atoms with Crippen molar-refractivity contribution in [1.82, 2.24) is 0 Å². The van der Waals surface area contributed by atoms with Crippen LogP contribution in [0.4, 0.5) is 5.69 Å². The number of benzene rings is 1. The predicted octanol–water partition coefficient (Wildman–Crippen LogP) is 2.80. The highest BCUT2D eigenvalue weighted by Gasteiger charge is 2.25. The smallest absolute Gasteiger partial charge is 0.265 e. The fourth-order valence-electron chi connectivity index (χ4n) is 2.22. The van der Waals surface area contributed by atoms with Gasteiger partial charge >= 0.3 is 0 Å². The largest absolute Gasteiger partial charge is 0.482 e. The average Bonchev–Trinajstić information content (AvgIpc) is 2.42. The molecule has 0 aliphatic carbocycles. The van der Waals surface area contributed by atoms with Gasteiger partial charge in [-0.15, -0.1) is 0 Å². The number of Topliss-reactive ketones (excluding diaryl/α,β-unsaturated/α-hetero) is 1. The first-order valence-corrected chi connectivity index (χ1v) is 6.77. The Morgan fingerprint density at radius 2 is 2.11 bits per heavy atom. The summed E-state index contributed by atoms with van der Waals surface area (Å²) < 4.78 is 5.40. The lowest BCUT2D eigenvalue weighted by Crippen LogP contribution is -2.39. The predicted molar refractivity (Wildman–Crippen MR) is 73.8 cm³/mol. The maximum absolute atomic E-state index is 11.9. The summed E-state index contributed by atoms with van der Waals surface area (Å²) in [5, 5.41) is 0. The third kappa shape index (κ3) is 2.78. The summed E-state index contributed by atoms with van der Waals surface area (Å²) >= 11 is 0. The van der Waals surface area contributed by atoms with Gasteiger partial charge in [-0.1, -0.05) is 13.8 Å². The first-order chi connectivity index (χ1) is 9.17. The highest BCUT2D eigenvalue weighted by atomic mass is 16.5. The van der Waals surface area contributed by atoms with Crippen molar-refractivity contribution in [1.29, 1.82) is 0 Å². The van der Waals surface area contributed by atoms with Gasteiger partial charge in [0.2, 0.25) is 0 Å². The van der Waals surface area contributed by atoms with E-state index in [1.807, 2.05) is 13.8 Å². The number of anilines is 1. The minimum Gasteiger partial charge on any atom is -0.482 e. The molecule has 0 N–H and O–H groups in total. The van der Waals surface area contributed by atoms with E-state index in [1.54, 1.807) is 23.1 Å². The van der Waals surface area contributed by atoms with Crippen molar-refractivity contribution in [2.24, 2.45) is 0 Å². The van der Waals surface area contributed by atoms with Crippen LogP contribution in [0, 0.1) is 0 Å². The van der Waals surface area contributed by atoms with E-state index >= 15 is 0 Å². The van der Waals surface area contributed by atoms with Crippen molar-refractivity contribution in [2.45, 2.75) is 33.1 Å². The van der Waals surface area contributed by atoms with Crippen molar-refractivity contribution in [3.63, 3.8) is 0 Å². The summed E-state index contributed by atoms with van der Waals surface area (Å²) in [5.41, 5.74) is 1.38. The zero-order valence-electron chi connectivity index (χ0n) is 11.4. The van der Waals surface area contributed by atoms with Gasteiger partial charge in [-0.25, -0.2) is 0 Å². The van der Waals surface area contributed by atoms with Crippen LogP contribution in [-0.4, -0.2) is 24.8 Å². The lowest BCUT2D eigenvalue weighted by molar-refractivity contribution is -0.121. The van der Waals surface area contributed by atoms with Gasteiger partial charge < -0.3 is 9.64 Å². The Kier molecular flexibility index (Phi) is 4.20. The first kappa shape index (κ1) is 13.6. The summed E-state index contributed by atoms with van der Waals surface area (Å²) in [6.45, 7) is 4.73. The fourth-order valence-corrected chi connectivity index (χ4v) is 2.22. The molecule has 1 heterocycles. The van der Waals surface area contributed by atoms with Gasteiger partial charge in [0.15, 0.2) is 12.4 Å². The van der Waals surface area contributed by atoms with Crippen LogP contribution >= 0.6 is 0 Å². The van der Waals surface area contributed by atoms with Crippen LogP contribution in [0.5, 0.6) is 5.75 Å². The van der Waals surface area contributed by atoms with Gasteiger partial charge in [-0.05, 0) is 31.0 Å². The standard InChI is InChI=1S/C15H19NO3/c1-3-5-13(17)11-6-7-14-12(9-11)16(8-4-2)15(18)10-19-14/h6-7,9H,3-5,8,10H2,1-2H3. The summed E-state index contributed by atoms with van der Waals surface area (Å²) in [5.74, 6) is 0.746. The molecule has 0 fully saturated rings. The van der Waals surface area contributed by atoms with Crippen LogP contribution in [-0.2, 0) is 4.79 Å². The van der Waals surface area contributed by atoms with Gasteiger partial charge in [0.05, 0.1) is 5.69 Å². The Bertz CT molecular complexity index is 496. The molecule has 4 heteroatoms. The minimum absolute atomic E-state index is 0.0468. The van der Waals surface area contributed by atoms with E-state index in [0.29, 0.717) is 24.3 Å². The molecule has 1 aromatic carbocycles. The fraction of sp³-hybridized carbons (Fsp3) is 0.467. The highest BCUT2D eigenvalue weighted by Crippen LogP contribution is 2.33. The molecule has 0 spiro atoms. The molecule has 0 aromatic heterocycles. The molecule has 0 saturated carbocycles. The van der Waals surface area contributed by atoms with Crippen LogP contribution in [0.1, 0.15) is 43.5 Å². The topological polar surface area (TPSA) is 46.6 Å². The number of rotatable bonds is 5. The van der Waals surface area contributed by atoms with Gasteiger partial charge in [0.25, 0.3) is 5.91 Å². The van der Waals surface area contributed by atoms with Crippen LogP contribution in [0.2, 0.25) is 0 Å². The maximum atomic E-state index is 11.9. The first-order valence-electron chi connectivity index (χ1n) is 6.77. The number of ether oxygens (including phenoxy) is 1. The zero-order chi connectivity index (χ0) is 13.8. The second kappa shape index (κ2) is 5.87. The van der Waals surface area contributed by atoms with E-state index < -0.39 is 0 Å². The van der Waals surface area contributed by atoms with E-state index in [4.69, 9.17) is 4.74 Å². The number of nitrogens with zero attached hydrogens (tertiary/aromatic N) is 1. The molecule has 2 rings (SSSR count). The van der Waals surface area contributed by atoms with Gasteiger partial charge in [-0.2, -0.15) is 0 Å². The summed E-state index contributed by atoms with van der Waals surface area (Å²) in [4.78, 5) is 25.5. The Morgan fingerprint density at radius 3 is 2.79 bits per heavy atom. The van der Waals surface area contributed by atoms with Crippen LogP contribution in [0.25, 0.3) is 0 Å². The molecule has 0 atom stereocenters. The number of hydrogen-bond acceptors (Lipinski definition) is 3. The molecular weight excluding hydrogens is 242 g/mol. The maximum Gasteiger partial charge on any atom is 0.265 e. The molecule has 1 aromatic rings. The van der Waals surface area contributed by atoms with E-state index in [1.165, 1.54) is 0 Å². The third-order valence-electron chi connectivity index (χ3n) is 3.15. The quantitative estimate of drug-likeness (QED) is 0.766. The molecule has 0 bridgehead atoms. The van der Waals surface area contributed by atoms with Crippen molar-refractivity contribution >= 4 is 17.4 Å². The zero-order valence-corrected chi connectivity index (χ0v) is 11.4. The molecule has 0 saturated heterocycles. The number of carbonyl (C=O) groups is 2. The molecule has 1 amide bonds. The molecular formula is C15H19NO3. The summed E-state index contributed by atoms with van der Waals surface area (Å²) in [6, 6.07) is 5.34. The summed E-state index contributed by atoms with van der Waals surface area (Å²) in [6.07, 6.45) is 2.23. The second-order valence-electron chi connectivity index (χ2n) is 4.69. The van der Waals surface area contributed by atoms with Crippen LogP contribution in [0.3, 0.4) is 0 Å². The van der Waals surface area contributed by atoms with Gasteiger partial charge in [0.1, 0.15) is 5.75 Å². The van der Waals surface area contributed by atoms with Gasteiger partial charge in [-0.3, -0.25) is 9.59 Å². The highest BCUT2D eigenvalue weighted by molar-refractivity contribution is 6.01. The van der Waals surface area contributed by atoms with Crippen LogP contribution < -0.4 is 9.64 Å². The Labute approximate surface area is 113 Å². The third-order valence-corrected chi connectivity index (χ3v) is 3.15. The van der Waals surface area contributed by atoms with Gasteiger partial charge in [0, 0.05) is 18.5 Å². The van der Waals surface area contributed by atoms with E-state index in [2.05, 4.69) is 0 Å². The normalized spacial score (nSPS) is 14.0. The van der Waals surface area contributed by atoms with Crippen molar-refractivity contribution in [3.05, 3.63) is 23.8 Å². The Morgan fingerprint density at radius 1 is 1.32 bits per heavy atom. The number of hydrogen-bond donors (Lipinski definition) is 0. The molecule has 1 aliphatic rings. The van der Waals surface area contributed by atoms with E-state index in [9.17, 15) is 9.59 Å². The number of amides is 1. The second-order valence-corrected chi connectivity index (χ2v) is 4.69. The SMILES string of the molecule is CCCC(=O)c1ccc2c(c1)N(CCC)C(=O)CO2. The summed E-state index contributed by atoms with van der Waals surface area (Å²) in [7, 11) is 0. The van der Waals surface area contributed by atoms with Crippen molar-refractivity contribution in [2.75, 3.05) is 18.1 Å². The van der Waals surface area contributed by atoms with E-state index in [-0.39, 0.29) is 18.3 Å². The molecule has 102 valence electrons. The lowest BCUT2D eigenvalue weighted by atomic mass is 10.0. The van der Waals surface area contributed by atoms with Crippen LogP contribution in [0.15, 0.2) is 18.2 Å². The molecule has 19 heavy (non-hydrogen) atoms. The van der Waals surface area contributed by atoms with E-state index in [0.717, 1.165) is 18.5 Å². The Balaban J connectivity index is 2.35. The van der Waals surface area contributed by atoms with Crippen molar-refractivity contribution < 1.29 is 14.3 Å². The molecule has 0 unspecified atom stereocenters. The number of ketones is 1. The molecule has 4 nitrogen and oxygen atoms in total. The lowest BCUT2D eigenvalue weighted by Gasteiger charge is -2.29.